The van der Waals surface area contributed by atoms with Crippen LogP contribution in [-0.4, -0.2) is 18.5 Å². The molecule has 0 saturated carbocycles. The number of benzene rings is 2. The minimum absolute atomic E-state index is 0.00466. The lowest BCUT2D eigenvalue weighted by atomic mass is 10.1. The van der Waals surface area contributed by atoms with Crippen LogP contribution in [0.15, 0.2) is 60.7 Å². The number of hydrogen-bond acceptors (Lipinski definition) is 4. The van der Waals surface area contributed by atoms with Crippen LogP contribution < -0.4 is 0 Å². The molecule has 0 N–H and O–H groups in total. The van der Waals surface area contributed by atoms with Crippen LogP contribution in [0.1, 0.15) is 42.3 Å². The van der Waals surface area contributed by atoms with Gasteiger partial charge >= 0.3 is 11.9 Å². The fraction of sp³-hybridized carbons (Fsp3) is 0.300. The summed E-state index contributed by atoms with van der Waals surface area (Å²) in [7, 11) is 0. The van der Waals surface area contributed by atoms with Gasteiger partial charge in [0.1, 0.15) is 6.10 Å². The summed E-state index contributed by atoms with van der Waals surface area (Å²) in [4.78, 5) is 24.3. The molecule has 0 heterocycles. The zero-order valence-electron chi connectivity index (χ0n) is 14.0. The maximum atomic E-state index is 12.3. The van der Waals surface area contributed by atoms with Gasteiger partial charge in [0.05, 0.1) is 18.6 Å². The van der Waals surface area contributed by atoms with Gasteiger partial charge < -0.3 is 9.47 Å². The van der Waals surface area contributed by atoms with E-state index in [2.05, 4.69) is 0 Å². The van der Waals surface area contributed by atoms with E-state index in [1.165, 1.54) is 0 Å². The van der Waals surface area contributed by atoms with Crippen LogP contribution in [0.2, 0.25) is 0 Å². The Labute approximate surface area is 142 Å². The van der Waals surface area contributed by atoms with Gasteiger partial charge in [-0.3, -0.25) is 4.79 Å². The van der Waals surface area contributed by atoms with E-state index in [4.69, 9.17) is 9.47 Å². The van der Waals surface area contributed by atoms with E-state index in [0.29, 0.717) is 12.2 Å². The topological polar surface area (TPSA) is 52.6 Å². The highest BCUT2D eigenvalue weighted by Gasteiger charge is 2.22. The molecule has 0 aromatic heterocycles. The van der Waals surface area contributed by atoms with Gasteiger partial charge in [-0.2, -0.15) is 0 Å². The van der Waals surface area contributed by atoms with E-state index in [0.717, 1.165) is 5.56 Å². The van der Waals surface area contributed by atoms with Crippen molar-refractivity contribution >= 4 is 11.9 Å². The molecule has 0 spiro atoms. The van der Waals surface area contributed by atoms with Crippen molar-refractivity contribution in [1.82, 2.24) is 0 Å². The molecule has 0 radical (unpaired) electrons. The van der Waals surface area contributed by atoms with E-state index in [1.807, 2.05) is 50.2 Å². The van der Waals surface area contributed by atoms with Crippen molar-refractivity contribution in [3.05, 3.63) is 71.8 Å². The molecule has 0 bridgehead atoms. The minimum Gasteiger partial charge on any atom is -0.465 e. The fourth-order valence-electron chi connectivity index (χ4n) is 2.14. The zero-order chi connectivity index (χ0) is 17.4. The van der Waals surface area contributed by atoms with Crippen LogP contribution in [0.25, 0.3) is 0 Å². The first-order chi connectivity index (χ1) is 11.6. The average molecular weight is 326 g/mol. The standard InChI is InChI=1S/C20H22O4/c1-15(2)14-23-19(21)13-18(16-9-5-3-6-10-16)24-20(22)17-11-7-4-8-12-17/h3-12,15,18H,13-14H2,1-2H3/t18-/m1/s1. The van der Waals surface area contributed by atoms with E-state index in [-0.39, 0.29) is 18.3 Å². The summed E-state index contributed by atoms with van der Waals surface area (Å²) in [6.07, 6.45) is -0.673. The van der Waals surface area contributed by atoms with Crippen molar-refractivity contribution in [2.45, 2.75) is 26.4 Å². The zero-order valence-corrected chi connectivity index (χ0v) is 14.0. The first-order valence-corrected chi connectivity index (χ1v) is 8.03. The van der Waals surface area contributed by atoms with Crippen LogP contribution in [0.5, 0.6) is 0 Å². The van der Waals surface area contributed by atoms with Crippen LogP contribution >= 0.6 is 0 Å². The largest absolute Gasteiger partial charge is 0.465 e. The summed E-state index contributed by atoms with van der Waals surface area (Å²) >= 11 is 0. The molecule has 24 heavy (non-hydrogen) atoms. The Balaban J connectivity index is 2.09. The highest BCUT2D eigenvalue weighted by Crippen LogP contribution is 2.23. The van der Waals surface area contributed by atoms with E-state index >= 15 is 0 Å². The lowest BCUT2D eigenvalue weighted by molar-refractivity contribution is -0.147. The van der Waals surface area contributed by atoms with Gasteiger partial charge in [-0.1, -0.05) is 62.4 Å². The molecule has 0 saturated heterocycles. The van der Waals surface area contributed by atoms with Gasteiger partial charge in [-0.05, 0) is 23.6 Å². The maximum Gasteiger partial charge on any atom is 0.338 e. The molecular formula is C20H22O4. The summed E-state index contributed by atoms with van der Waals surface area (Å²) in [5, 5.41) is 0. The predicted molar refractivity (Wildman–Crippen MR) is 91.5 cm³/mol. The van der Waals surface area contributed by atoms with E-state index < -0.39 is 12.1 Å². The highest BCUT2D eigenvalue weighted by atomic mass is 16.6. The second-order valence-electron chi connectivity index (χ2n) is 5.95. The Kier molecular flexibility index (Phi) is 6.55. The number of esters is 2. The first-order valence-electron chi connectivity index (χ1n) is 8.03. The van der Waals surface area contributed by atoms with Gasteiger partial charge in [-0.15, -0.1) is 0 Å². The fourth-order valence-corrected chi connectivity index (χ4v) is 2.14. The van der Waals surface area contributed by atoms with Crippen molar-refractivity contribution in [2.75, 3.05) is 6.61 Å². The number of carbonyl (C=O) groups excluding carboxylic acids is 2. The summed E-state index contributed by atoms with van der Waals surface area (Å²) in [5.41, 5.74) is 1.22. The summed E-state index contributed by atoms with van der Waals surface area (Å²) in [5.74, 6) is -0.574. The molecule has 0 aliphatic carbocycles. The Morgan fingerprint density at radius 3 is 2.08 bits per heavy atom. The quantitative estimate of drug-likeness (QED) is 0.716. The van der Waals surface area contributed by atoms with Crippen molar-refractivity contribution in [1.29, 1.82) is 0 Å². The first kappa shape index (κ1) is 17.7. The lowest BCUT2D eigenvalue weighted by Gasteiger charge is -2.18. The molecule has 0 aliphatic rings. The molecule has 4 heteroatoms. The number of hydrogen-bond donors (Lipinski definition) is 0. The number of rotatable bonds is 7. The van der Waals surface area contributed by atoms with Gasteiger partial charge in [0.2, 0.25) is 0 Å². The predicted octanol–water partition coefficient (Wildman–Crippen LogP) is 4.17. The van der Waals surface area contributed by atoms with Gasteiger partial charge in [-0.25, -0.2) is 4.79 Å². The lowest BCUT2D eigenvalue weighted by Crippen LogP contribution is -2.18. The Morgan fingerprint density at radius 1 is 0.917 bits per heavy atom. The summed E-state index contributed by atoms with van der Waals surface area (Å²) in [6, 6.07) is 18.0. The van der Waals surface area contributed by atoms with E-state index in [1.54, 1.807) is 24.3 Å². The van der Waals surface area contributed by atoms with Crippen molar-refractivity contribution in [2.24, 2.45) is 5.92 Å². The summed E-state index contributed by atoms with van der Waals surface area (Å²) in [6.45, 7) is 4.29. The van der Waals surface area contributed by atoms with Gasteiger partial charge in [0.15, 0.2) is 0 Å². The normalized spacial score (nSPS) is 11.8. The molecule has 0 amide bonds. The smallest absolute Gasteiger partial charge is 0.338 e. The van der Waals surface area contributed by atoms with Crippen molar-refractivity contribution in [3.63, 3.8) is 0 Å². The third kappa shape index (κ3) is 5.54. The number of ether oxygens (including phenoxy) is 2. The Morgan fingerprint density at radius 2 is 1.50 bits per heavy atom. The molecule has 0 fully saturated rings. The molecule has 1 atom stereocenters. The van der Waals surface area contributed by atoms with Crippen LogP contribution in [0, 0.1) is 5.92 Å². The van der Waals surface area contributed by atoms with Gasteiger partial charge in [0, 0.05) is 0 Å². The second kappa shape index (κ2) is 8.87. The third-order valence-electron chi connectivity index (χ3n) is 3.36. The molecule has 2 aromatic rings. The SMILES string of the molecule is CC(C)COC(=O)C[C@@H](OC(=O)c1ccccc1)c1ccccc1. The molecule has 2 aromatic carbocycles. The van der Waals surface area contributed by atoms with Gasteiger partial charge in [0.25, 0.3) is 0 Å². The Hall–Kier alpha value is -2.62. The molecular weight excluding hydrogens is 304 g/mol. The van der Waals surface area contributed by atoms with Crippen LogP contribution in [0.4, 0.5) is 0 Å². The third-order valence-corrected chi connectivity index (χ3v) is 3.36. The van der Waals surface area contributed by atoms with Crippen LogP contribution in [-0.2, 0) is 14.3 Å². The minimum atomic E-state index is -0.668. The van der Waals surface area contributed by atoms with Crippen LogP contribution in [0.3, 0.4) is 0 Å². The highest BCUT2D eigenvalue weighted by molar-refractivity contribution is 5.89. The van der Waals surface area contributed by atoms with E-state index in [9.17, 15) is 9.59 Å². The Bertz CT molecular complexity index is 650. The molecule has 0 unspecified atom stereocenters. The molecule has 126 valence electrons. The monoisotopic (exact) mass is 326 g/mol. The number of carbonyl (C=O) groups is 2. The average Bonchev–Trinajstić information content (AvgIpc) is 2.61. The molecule has 2 rings (SSSR count). The maximum absolute atomic E-state index is 12.3. The molecule has 4 nitrogen and oxygen atoms in total. The van der Waals surface area contributed by atoms with Crippen molar-refractivity contribution in [3.8, 4) is 0 Å². The van der Waals surface area contributed by atoms with Crippen molar-refractivity contribution < 1.29 is 19.1 Å². The summed E-state index contributed by atoms with van der Waals surface area (Å²) < 4.78 is 10.8. The molecule has 0 aliphatic heterocycles. The second-order valence-corrected chi connectivity index (χ2v) is 5.95.